The summed E-state index contributed by atoms with van der Waals surface area (Å²) < 4.78 is 3.92. The van der Waals surface area contributed by atoms with Crippen molar-refractivity contribution in [3.8, 4) is 11.8 Å². The standard InChI is InChI=1S/C30H30ClN9/c1-30(2,3)17-35-27-20(14-32)15-34-29-24(27)12-21(31)13-25(29)36-28(26-16-40(38-37-26)22-7-8-22)19-5-4-6-23(11-19)39-10-9-33-18-39/h4-6,9-13,15-16,18,22,28,36H,7-8,17H2,1-3H3,(H,34,35)/t28-/m0/s1. The van der Waals surface area contributed by atoms with Crippen molar-refractivity contribution >= 4 is 33.9 Å². The van der Waals surface area contributed by atoms with Crippen LogP contribution in [0, 0.1) is 16.7 Å². The molecule has 202 valence electrons. The van der Waals surface area contributed by atoms with Gasteiger partial charge in [-0.15, -0.1) is 5.10 Å². The molecule has 0 aliphatic heterocycles. The van der Waals surface area contributed by atoms with Crippen molar-refractivity contribution in [1.29, 1.82) is 5.26 Å². The van der Waals surface area contributed by atoms with Crippen LogP contribution in [0.4, 0.5) is 11.4 Å². The molecule has 1 atom stereocenters. The highest BCUT2D eigenvalue weighted by Crippen LogP contribution is 2.38. The number of imidazole rings is 1. The van der Waals surface area contributed by atoms with Crippen molar-refractivity contribution in [2.24, 2.45) is 5.41 Å². The molecule has 0 spiro atoms. The number of fused-ring (bicyclic) bond motifs is 1. The molecular formula is C30H30ClN9. The van der Waals surface area contributed by atoms with Gasteiger partial charge in [-0.2, -0.15) is 5.26 Å². The summed E-state index contributed by atoms with van der Waals surface area (Å²) >= 11 is 6.68. The quantitative estimate of drug-likeness (QED) is 0.225. The number of pyridine rings is 1. The predicted octanol–water partition coefficient (Wildman–Crippen LogP) is 6.53. The summed E-state index contributed by atoms with van der Waals surface area (Å²) in [4.78, 5) is 8.90. The molecule has 1 saturated carbocycles. The fourth-order valence-electron chi connectivity index (χ4n) is 4.71. The molecule has 0 saturated heterocycles. The van der Waals surface area contributed by atoms with Crippen LogP contribution in [0.1, 0.15) is 62.5 Å². The molecule has 3 heterocycles. The molecule has 0 unspecified atom stereocenters. The first-order valence-electron chi connectivity index (χ1n) is 13.3. The molecule has 0 radical (unpaired) electrons. The number of nitrogens with zero attached hydrogens (tertiary/aromatic N) is 7. The molecule has 1 fully saturated rings. The van der Waals surface area contributed by atoms with Gasteiger partial charge >= 0.3 is 0 Å². The molecule has 6 rings (SSSR count). The van der Waals surface area contributed by atoms with Gasteiger partial charge in [0.1, 0.15) is 11.8 Å². The number of anilines is 2. The van der Waals surface area contributed by atoms with Gasteiger partial charge in [0.25, 0.3) is 0 Å². The van der Waals surface area contributed by atoms with E-state index in [-0.39, 0.29) is 11.5 Å². The largest absolute Gasteiger partial charge is 0.383 e. The normalized spacial score (nSPS) is 14.2. The Bertz CT molecular complexity index is 1710. The van der Waals surface area contributed by atoms with Gasteiger partial charge in [-0.05, 0) is 48.1 Å². The third-order valence-electron chi connectivity index (χ3n) is 6.90. The summed E-state index contributed by atoms with van der Waals surface area (Å²) in [5.74, 6) is 0. The summed E-state index contributed by atoms with van der Waals surface area (Å²) in [6.45, 7) is 7.12. The van der Waals surface area contributed by atoms with E-state index in [9.17, 15) is 5.26 Å². The van der Waals surface area contributed by atoms with Crippen molar-refractivity contribution in [1.82, 2.24) is 29.5 Å². The Morgan fingerprint density at radius 1 is 1.20 bits per heavy atom. The average Bonchev–Trinajstić information content (AvgIpc) is 3.41. The topological polar surface area (TPSA) is 109 Å². The number of halogens is 1. The van der Waals surface area contributed by atoms with Crippen LogP contribution in [0.25, 0.3) is 16.6 Å². The number of aromatic nitrogens is 6. The fraction of sp³-hybridized carbons (Fsp3) is 0.300. The molecule has 5 aromatic rings. The predicted molar refractivity (Wildman–Crippen MR) is 157 cm³/mol. The van der Waals surface area contributed by atoms with Crippen molar-refractivity contribution < 1.29 is 0 Å². The highest BCUT2D eigenvalue weighted by molar-refractivity contribution is 6.32. The van der Waals surface area contributed by atoms with Crippen LogP contribution in [0.5, 0.6) is 0 Å². The number of nitriles is 1. The molecule has 2 N–H and O–H groups in total. The second-order valence-electron chi connectivity index (χ2n) is 11.4. The number of nitrogens with one attached hydrogen (secondary N) is 2. The van der Waals surface area contributed by atoms with Gasteiger partial charge in [-0.1, -0.05) is 49.7 Å². The fourth-order valence-corrected chi connectivity index (χ4v) is 4.93. The minimum Gasteiger partial charge on any atom is -0.383 e. The van der Waals surface area contributed by atoms with Crippen LogP contribution < -0.4 is 10.6 Å². The lowest BCUT2D eigenvalue weighted by molar-refractivity contribution is 0.443. The number of benzene rings is 2. The van der Waals surface area contributed by atoms with Gasteiger partial charge < -0.3 is 15.2 Å². The van der Waals surface area contributed by atoms with Crippen LogP contribution >= 0.6 is 11.6 Å². The Hall–Kier alpha value is -4.42. The number of rotatable bonds is 8. The molecule has 3 aromatic heterocycles. The maximum Gasteiger partial charge on any atom is 0.109 e. The minimum atomic E-state index is -0.332. The lowest BCUT2D eigenvalue weighted by Crippen LogP contribution is -2.20. The number of hydrogen-bond donors (Lipinski definition) is 2. The Morgan fingerprint density at radius 2 is 2.05 bits per heavy atom. The maximum atomic E-state index is 9.84. The van der Waals surface area contributed by atoms with E-state index in [0.29, 0.717) is 28.7 Å². The van der Waals surface area contributed by atoms with Gasteiger partial charge in [0.05, 0.1) is 47.1 Å². The van der Waals surface area contributed by atoms with E-state index in [1.54, 1.807) is 18.7 Å². The van der Waals surface area contributed by atoms with E-state index < -0.39 is 0 Å². The zero-order valence-electron chi connectivity index (χ0n) is 22.6. The van der Waals surface area contributed by atoms with E-state index in [4.69, 9.17) is 16.6 Å². The second-order valence-corrected chi connectivity index (χ2v) is 11.9. The van der Waals surface area contributed by atoms with Gasteiger partial charge in [-0.25, -0.2) is 9.67 Å². The van der Waals surface area contributed by atoms with Crippen molar-refractivity contribution in [3.63, 3.8) is 0 Å². The van der Waals surface area contributed by atoms with Crippen molar-refractivity contribution in [2.45, 2.75) is 45.7 Å². The Kier molecular flexibility index (Phi) is 6.64. The van der Waals surface area contributed by atoms with Crippen molar-refractivity contribution in [2.75, 3.05) is 17.2 Å². The van der Waals surface area contributed by atoms with Crippen LogP contribution in [0.2, 0.25) is 5.02 Å². The highest BCUT2D eigenvalue weighted by atomic mass is 35.5. The lowest BCUT2D eigenvalue weighted by atomic mass is 9.96. The summed E-state index contributed by atoms with van der Waals surface area (Å²) in [6, 6.07) is 14.3. The van der Waals surface area contributed by atoms with Crippen LogP contribution in [0.15, 0.2) is 67.5 Å². The molecule has 0 amide bonds. The number of hydrogen-bond acceptors (Lipinski definition) is 7. The van der Waals surface area contributed by atoms with Crippen LogP contribution in [-0.2, 0) is 0 Å². The molecule has 40 heavy (non-hydrogen) atoms. The first-order valence-corrected chi connectivity index (χ1v) is 13.7. The summed E-state index contributed by atoms with van der Waals surface area (Å²) in [5.41, 5.74) is 5.45. The third kappa shape index (κ3) is 5.36. The SMILES string of the molecule is CC(C)(C)CNc1c(C#N)cnc2c(N[C@@H](c3cccc(-n4ccnc4)c3)c3cn(C4CC4)nn3)cc(Cl)cc12. The molecule has 9 nitrogen and oxygen atoms in total. The molecule has 10 heteroatoms. The summed E-state index contributed by atoms with van der Waals surface area (Å²) in [5, 5.41) is 27.3. The Labute approximate surface area is 237 Å². The molecule has 1 aliphatic rings. The van der Waals surface area contributed by atoms with E-state index in [0.717, 1.165) is 46.5 Å². The summed E-state index contributed by atoms with van der Waals surface area (Å²) in [6.07, 6.45) is 11.3. The Morgan fingerprint density at radius 3 is 2.77 bits per heavy atom. The molecular weight excluding hydrogens is 522 g/mol. The lowest BCUT2D eigenvalue weighted by Gasteiger charge is -2.23. The smallest absolute Gasteiger partial charge is 0.109 e. The molecule has 1 aliphatic carbocycles. The molecule has 0 bridgehead atoms. The third-order valence-corrected chi connectivity index (χ3v) is 7.12. The highest BCUT2D eigenvalue weighted by Gasteiger charge is 2.27. The van der Waals surface area contributed by atoms with E-state index in [1.807, 2.05) is 45.9 Å². The monoisotopic (exact) mass is 551 g/mol. The van der Waals surface area contributed by atoms with Crippen LogP contribution in [-0.4, -0.2) is 36.1 Å². The van der Waals surface area contributed by atoms with E-state index in [2.05, 4.69) is 64.9 Å². The maximum absolute atomic E-state index is 9.84. The van der Waals surface area contributed by atoms with Crippen molar-refractivity contribution in [3.05, 3.63) is 89.4 Å². The van der Waals surface area contributed by atoms with E-state index >= 15 is 0 Å². The van der Waals surface area contributed by atoms with Crippen LogP contribution in [0.3, 0.4) is 0 Å². The zero-order chi connectivity index (χ0) is 27.9. The van der Waals surface area contributed by atoms with Gasteiger partial charge in [0, 0.05) is 41.2 Å². The Balaban J connectivity index is 1.46. The van der Waals surface area contributed by atoms with Gasteiger partial charge in [0.2, 0.25) is 0 Å². The molecule has 2 aromatic carbocycles. The minimum absolute atomic E-state index is 0.0146. The second kappa shape index (κ2) is 10.3. The first-order chi connectivity index (χ1) is 19.3. The van der Waals surface area contributed by atoms with Gasteiger partial charge in [0.15, 0.2) is 0 Å². The summed E-state index contributed by atoms with van der Waals surface area (Å²) in [7, 11) is 0. The van der Waals surface area contributed by atoms with Gasteiger partial charge in [-0.3, -0.25) is 4.98 Å². The average molecular weight is 552 g/mol. The first kappa shape index (κ1) is 25.8. The van der Waals surface area contributed by atoms with E-state index in [1.165, 1.54) is 0 Å². The zero-order valence-corrected chi connectivity index (χ0v) is 23.4.